The SMILES string of the molecule is CCNC(=S)Nc1ccc(CCc2cn3ccccc3n2)cc1. The fourth-order valence-corrected chi connectivity index (χ4v) is 2.73. The van der Waals surface area contributed by atoms with Crippen molar-refractivity contribution in [2.75, 3.05) is 11.9 Å². The lowest BCUT2D eigenvalue weighted by Crippen LogP contribution is -2.27. The number of aryl methyl sites for hydroxylation is 2. The minimum absolute atomic E-state index is 0.657. The number of thiocarbonyl (C=S) groups is 1. The van der Waals surface area contributed by atoms with E-state index in [2.05, 4.69) is 50.5 Å². The predicted octanol–water partition coefficient (Wildman–Crippen LogP) is 3.43. The van der Waals surface area contributed by atoms with E-state index >= 15 is 0 Å². The van der Waals surface area contributed by atoms with Crippen LogP contribution in [0.2, 0.25) is 0 Å². The van der Waals surface area contributed by atoms with Crippen molar-refractivity contribution in [3.63, 3.8) is 0 Å². The van der Waals surface area contributed by atoms with E-state index in [0.29, 0.717) is 5.11 Å². The standard InChI is InChI=1S/C18H20N4S/c1-2-19-18(23)21-15-9-6-14(7-10-15)8-11-16-13-22-12-4-3-5-17(22)20-16/h3-7,9-10,12-13H,2,8,11H2,1H3,(H2,19,21,23). The van der Waals surface area contributed by atoms with Crippen LogP contribution >= 0.6 is 12.2 Å². The van der Waals surface area contributed by atoms with Gasteiger partial charge in [0.2, 0.25) is 0 Å². The number of hydrogen-bond acceptors (Lipinski definition) is 2. The van der Waals surface area contributed by atoms with Gasteiger partial charge in [-0.05, 0) is 61.8 Å². The summed E-state index contributed by atoms with van der Waals surface area (Å²) < 4.78 is 2.06. The summed E-state index contributed by atoms with van der Waals surface area (Å²) in [5.41, 5.74) is 4.42. The highest BCUT2D eigenvalue weighted by Crippen LogP contribution is 2.13. The lowest BCUT2D eigenvalue weighted by Gasteiger charge is -2.09. The Hall–Kier alpha value is -2.40. The van der Waals surface area contributed by atoms with Gasteiger partial charge in [-0.3, -0.25) is 0 Å². The van der Waals surface area contributed by atoms with E-state index in [4.69, 9.17) is 12.2 Å². The summed E-state index contributed by atoms with van der Waals surface area (Å²) in [5.74, 6) is 0. The number of nitrogens with one attached hydrogen (secondary N) is 2. The summed E-state index contributed by atoms with van der Waals surface area (Å²) >= 11 is 5.18. The van der Waals surface area contributed by atoms with E-state index in [9.17, 15) is 0 Å². The van der Waals surface area contributed by atoms with Crippen molar-refractivity contribution in [3.05, 3.63) is 66.1 Å². The Morgan fingerprint density at radius 3 is 2.70 bits per heavy atom. The number of hydrogen-bond donors (Lipinski definition) is 2. The molecule has 0 fully saturated rings. The van der Waals surface area contributed by atoms with E-state index in [1.807, 2.05) is 31.3 Å². The molecule has 0 aliphatic rings. The number of fused-ring (bicyclic) bond motifs is 1. The van der Waals surface area contributed by atoms with Crippen LogP contribution in [0.25, 0.3) is 5.65 Å². The summed E-state index contributed by atoms with van der Waals surface area (Å²) in [4.78, 5) is 4.63. The Balaban J connectivity index is 1.58. The number of pyridine rings is 1. The number of aromatic nitrogens is 2. The number of imidazole rings is 1. The molecule has 118 valence electrons. The van der Waals surface area contributed by atoms with Gasteiger partial charge < -0.3 is 15.0 Å². The molecule has 1 aromatic carbocycles. The molecule has 2 heterocycles. The Morgan fingerprint density at radius 1 is 1.13 bits per heavy atom. The largest absolute Gasteiger partial charge is 0.363 e. The van der Waals surface area contributed by atoms with Crippen molar-refractivity contribution in [2.45, 2.75) is 19.8 Å². The maximum Gasteiger partial charge on any atom is 0.170 e. The van der Waals surface area contributed by atoms with Crippen molar-refractivity contribution >= 4 is 28.7 Å². The fraction of sp³-hybridized carbons (Fsp3) is 0.222. The highest BCUT2D eigenvalue weighted by molar-refractivity contribution is 7.80. The molecule has 3 aromatic rings. The van der Waals surface area contributed by atoms with Crippen LogP contribution in [0.4, 0.5) is 5.69 Å². The van der Waals surface area contributed by atoms with Gasteiger partial charge in [-0.25, -0.2) is 4.98 Å². The van der Waals surface area contributed by atoms with Gasteiger partial charge in [0.25, 0.3) is 0 Å². The van der Waals surface area contributed by atoms with Crippen LogP contribution in [0.3, 0.4) is 0 Å². The monoisotopic (exact) mass is 324 g/mol. The molecule has 23 heavy (non-hydrogen) atoms. The molecular formula is C18H20N4S. The topological polar surface area (TPSA) is 41.4 Å². The molecule has 0 aliphatic heterocycles. The second-order valence-corrected chi connectivity index (χ2v) is 5.79. The first kappa shape index (κ1) is 15.5. The average molecular weight is 324 g/mol. The van der Waals surface area contributed by atoms with Gasteiger partial charge in [0.1, 0.15) is 5.65 Å². The first-order valence-corrected chi connectivity index (χ1v) is 8.22. The molecule has 2 aromatic heterocycles. The normalized spacial score (nSPS) is 10.7. The molecule has 2 N–H and O–H groups in total. The van der Waals surface area contributed by atoms with Crippen LogP contribution in [-0.4, -0.2) is 21.0 Å². The number of rotatable bonds is 5. The van der Waals surface area contributed by atoms with Gasteiger partial charge in [0, 0.05) is 24.6 Å². The third kappa shape index (κ3) is 4.07. The molecule has 0 bridgehead atoms. The molecule has 0 saturated heterocycles. The Morgan fingerprint density at radius 2 is 1.96 bits per heavy atom. The van der Waals surface area contributed by atoms with Crippen LogP contribution < -0.4 is 10.6 Å². The molecular weight excluding hydrogens is 304 g/mol. The van der Waals surface area contributed by atoms with E-state index < -0.39 is 0 Å². The van der Waals surface area contributed by atoms with Crippen molar-refractivity contribution < 1.29 is 0 Å². The molecule has 0 saturated carbocycles. The summed E-state index contributed by atoms with van der Waals surface area (Å²) in [5, 5.41) is 6.90. The maximum atomic E-state index is 5.18. The molecule has 0 aliphatic carbocycles. The number of anilines is 1. The molecule has 3 rings (SSSR count). The van der Waals surface area contributed by atoms with Crippen LogP contribution in [0.1, 0.15) is 18.2 Å². The van der Waals surface area contributed by atoms with Crippen molar-refractivity contribution in [3.8, 4) is 0 Å². The Bertz CT molecular complexity index is 759. The molecule has 0 atom stereocenters. The summed E-state index contributed by atoms with van der Waals surface area (Å²) in [6, 6.07) is 14.4. The summed E-state index contributed by atoms with van der Waals surface area (Å²) in [7, 11) is 0. The van der Waals surface area contributed by atoms with Gasteiger partial charge in [0.05, 0.1) is 5.69 Å². The van der Waals surface area contributed by atoms with Gasteiger partial charge in [-0.15, -0.1) is 0 Å². The maximum absolute atomic E-state index is 5.18. The molecule has 5 heteroatoms. The molecule has 0 unspecified atom stereocenters. The van der Waals surface area contributed by atoms with E-state index in [1.165, 1.54) is 5.56 Å². The second-order valence-electron chi connectivity index (χ2n) is 5.38. The van der Waals surface area contributed by atoms with Crippen molar-refractivity contribution in [1.82, 2.24) is 14.7 Å². The first-order valence-electron chi connectivity index (χ1n) is 7.81. The summed E-state index contributed by atoms with van der Waals surface area (Å²) in [6.45, 7) is 2.85. The van der Waals surface area contributed by atoms with Gasteiger partial charge in [-0.2, -0.15) is 0 Å². The minimum Gasteiger partial charge on any atom is -0.363 e. The molecule has 4 nitrogen and oxygen atoms in total. The summed E-state index contributed by atoms with van der Waals surface area (Å²) in [6.07, 6.45) is 6.03. The van der Waals surface area contributed by atoms with Gasteiger partial charge in [-0.1, -0.05) is 18.2 Å². The zero-order valence-corrected chi connectivity index (χ0v) is 13.9. The Labute approximate surface area is 141 Å². The quantitative estimate of drug-likeness (QED) is 0.706. The van der Waals surface area contributed by atoms with Crippen molar-refractivity contribution in [1.29, 1.82) is 0 Å². The lowest BCUT2D eigenvalue weighted by atomic mass is 10.1. The van der Waals surface area contributed by atoms with Crippen LogP contribution in [-0.2, 0) is 12.8 Å². The van der Waals surface area contributed by atoms with E-state index in [0.717, 1.165) is 36.4 Å². The van der Waals surface area contributed by atoms with Crippen LogP contribution in [0.5, 0.6) is 0 Å². The first-order chi connectivity index (χ1) is 11.2. The molecule has 0 radical (unpaired) electrons. The highest BCUT2D eigenvalue weighted by Gasteiger charge is 2.02. The molecule has 0 spiro atoms. The fourth-order valence-electron chi connectivity index (χ4n) is 2.47. The number of nitrogens with zero attached hydrogens (tertiary/aromatic N) is 2. The van der Waals surface area contributed by atoms with E-state index in [1.54, 1.807) is 0 Å². The Kier molecular flexibility index (Phi) is 4.88. The lowest BCUT2D eigenvalue weighted by molar-refractivity contribution is 0.927. The van der Waals surface area contributed by atoms with E-state index in [-0.39, 0.29) is 0 Å². The van der Waals surface area contributed by atoms with Crippen molar-refractivity contribution in [2.24, 2.45) is 0 Å². The second kappa shape index (κ2) is 7.24. The third-order valence-electron chi connectivity index (χ3n) is 3.63. The average Bonchev–Trinajstić information content (AvgIpc) is 2.97. The third-order valence-corrected chi connectivity index (χ3v) is 3.88. The minimum atomic E-state index is 0.657. The zero-order valence-electron chi connectivity index (χ0n) is 13.1. The van der Waals surface area contributed by atoms with Gasteiger partial charge >= 0.3 is 0 Å². The smallest absolute Gasteiger partial charge is 0.170 e. The zero-order chi connectivity index (χ0) is 16.1. The molecule has 0 amide bonds. The van der Waals surface area contributed by atoms with Gasteiger partial charge in [0.15, 0.2) is 5.11 Å². The predicted molar refractivity (Wildman–Crippen MR) is 98.9 cm³/mol. The van der Waals surface area contributed by atoms with Crippen LogP contribution in [0, 0.1) is 0 Å². The van der Waals surface area contributed by atoms with Crippen LogP contribution in [0.15, 0.2) is 54.9 Å². The highest BCUT2D eigenvalue weighted by atomic mass is 32.1. The number of benzene rings is 1.